The zero-order valence-corrected chi connectivity index (χ0v) is 14.3. The van der Waals surface area contributed by atoms with E-state index in [4.69, 9.17) is 9.47 Å². The number of hydrogen-bond donors (Lipinski definition) is 0. The molecule has 2 aromatic rings. The third kappa shape index (κ3) is 3.29. The summed E-state index contributed by atoms with van der Waals surface area (Å²) in [6, 6.07) is 13.3. The Hall–Kier alpha value is -2.55. The highest BCUT2D eigenvalue weighted by Gasteiger charge is 2.21. The van der Waals surface area contributed by atoms with Gasteiger partial charge in [0.1, 0.15) is 0 Å². The summed E-state index contributed by atoms with van der Waals surface area (Å²) in [4.78, 5) is 13.1. The van der Waals surface area contributed by atoms with Crippen LogP contribution in [-0.2, 0) is 0 Å². The molecule has 0 aromatic heterocycles. The predicted octanol–water partition coefficient (Wildman–Crippen LogP) is 4.69. The highest BCUT2D eigenvalue weighted by Crippen LogP contribution is 2.35. The fraction of sp³-hybridized carbons (Fsp3) is 0.250. The average Bonchev–Trinajstić information content (AvgIpc) is 2.55. The van der Waals surface area contributed by atoms with Crippen molar-refractivity contribution in [2.75, 3.05) is 14.2 Å². The van der Waals surface area contributed by atoms with E-state index in [9.17, 15) is 4.79 Å². The van der Waals surface area contributed by atoms with Crippen molar-refractivity contribution in [3.05, 3.63) is 64.7 Å². The fourth-order valence-electron chi connectivity index (χ4n) is 2.71. The molecule has 2 aromatic carbocycles. The van der Waals surface area contributed by atoms with Crippen LogP contribution in [0.3, 0.4) is 0 Å². The van der Waals surface area contributed by atoms with Crippen molar-refractivity contribution in [1.29, 1.82) is 0 Å². The summed E-state index contributed by atoms with van der Waals surface area (Å²) in [5.41, 5.74) is 4.04. The molecule has 0 atom stereocenters. The Balaban J connectivity index is 2.58. The minimum Gasteiger partial charge on any atom is -0.493 e. The summed E-state index contributed by atoms with van der Waals surface area (Å²) in [5.74, 6) is 1.22. The maximum Gasteiger partial charge on any atom is 0.193 e. The minimum absolute atomic E-state index is 0.00495. The van der Waals surface area contributed by atoms with Gasteiger partial charge in [-0.1, -0.05) is 35.9 Å². The second-order valence-electron chi connectivity index (χ2n) is 5.54. The predicted molar refractivity (Wildman–Crippen MR) is 93.3 cm³/mol. The molecular formula is C20H22O3. The van der Waals surface area contributed by atoms with Gasteiger partial charge < -0.3 is 9.47 Å². The van der Waals surface area contributed by atoms with Crippen molar-refractivity contribution in [3.8, 4) is 11.5 Å². The van der Waals surface area contributed by atoms with E-state index in [1.54, 1.807) is 26.4 Å². The van der Waals surface area contributed by atoms with Gasteiger partial charge in [0.15, 0.2) is 17.3 Å². The Morgan fingerprint density at radius 1 is 0.913 bits per heavy atom. The number of ether oxygens (including phenoxy) is 2. The van der Waals surface area contributed by atoms with Gasteiger partial charge in [-0.2, -0.15) is 0 Å². The van der Waals surface area contributed by atoms with Crippen LogP contribution in [0.15, 0.2) is 48.0 Å². The van der Waals surface area contributed by atoms with Gasteiger partial charge in [0.25, 0.3) is 0 Å². The van der Waals surface area contributed by atoms with E-state index in [2.05, 4.69) is 0 Å². The van der Waals surface area contributed by atoms with Crippen molar-refractivity contribution in [2.45, 2.75) is 20.8 Å². The van der Waals surface area contributed by atoms with Gasteiger partial charge in [0.05, 0.1) is 14.2 Å². The zero-order valence-electron chi connectivity index (χ0n) is 14.3. The van der Waals surface area contributed by atoms with Crippen molar-refractivity contribution in [1.82, 2.24) is 0 Å². The van der Waals surface area contributed by atoms with E-state index in [0.717, 1.165) is 22.3 Å². The summed E-state index contributed by atoms with van der Waals surface area (Å²) in [7, 11) is 3.17. The first kappa shape index (κ1) is 16.8. The van der Waals surface area contributed by atoms with Gasteiger partial charge in [-0.05, 0) is 38.5 Å². The molecule has 0 aliphatic rings. The first-order valence-electron chi connectivity index (χ1n) is 7.50. The Kier molecular flexibility index (Phi) is 5.22. The van der Waals surface area contributed by atoms with Crippen LogP contribution in [0.5, 0.6) is 11.5 Å². The third-order valence-electron chi connectivity index (χ3n) is 3.83. The Morgan fingerprint density at radius 3 is 2.09 bits per heavy atom. The van der Waals surface area contributed by atoms with Gasteiger partial charge in [0, 0.05) is 16.7 Å². The van der Waals surface area contributed by atoms with Gasteiger partial charge in [0.2, 0.25) is 0 Å². The standard InChI is InChI=1S/C20H22O3/c1-13(2)18(15-9-7-6-8-10-15)19(21)16-11-12-17(22-4)20(23-5)14(16)3/h6-12H,1-5H3. The number of carbonyl (C=O) groups is 1. The molecule has 3 nitrogen and oxygen atoms in total. The van der Waals surface area contributed by atoms with Crippen LogP contribution in [0.2, 0.25) is 0 Å². The van der Waals surface area contributed by atoms with E-state index in [-0.39, 0.29) is 5.78 Å². The largest absolute Gasteiger partial charge is 0.493 e. The van der Waals surface area contributed by atoms with Crippen LogP contribution in [0.1, 0.15) is 35.3 Å². The number of Topliss-reactive ketones (excluding diaryl/α,β-unsaturated/α-hetero) is 1. The number of allylic oxidation sites excluding steroid dienone is 2. The van der Waals surface area contributed by atoms with Crippen LogP contribution in [0, 0.1) is 6.92 Å². The Morgan fingerprint density at radius 2 is 1.57 bits per heavy atom. The monoisotopic (exact) mass is 310 g/mol. The maximum atomic E-state index is 13.1. The molecule has 0 heterocycles. The average molecular weight is 310 g/mol. The number of rotatable bonds is 5. The van der Waals surface area contributed by atoms with E-state index in [0.29, 0.717) is 17.1 Å². The van der Waals surface area contributed by atoms with Crippen molar-refractivity contribution in [3.63, 3.8) is 0 Å². The molecule has 0 radical (unpaired) electrons. The third-order valence-corrected chi connectivity index (χ3v) is 3.83. The lowest BCUT2D eigenvalue weighted by molar-refractivity contribution is 0.105. The molecule has 23 heavy (non-hydrogen) atoms. The van der Waals surface area contributed by atoms with Gasteiger partial charge >= 0.3 is 0 Å². The first-order chi connectivity index (χ1) is 11.0. The molecule has 0 saturated carbocycles. The van der Waals surface area contributed by atoms with Gasteiger partial charge in [-0.3, -0.25) is 4.79 Å². The molecule has 0 amide bonds. The number of ketones is 1. The SMILES string of the molecule is COc1ccc(C(=O)C(=C(C)C)c2ccccc2)c(C)c1OC. The lowest BCUT2D eigenvalue weighted by Crippen LogP contribution is -2.08. The normalized spacial score (nSPS) is 10.1. The van der Waals surface area contributed by atoms with E-state index >= 15 is 0 Å². The van der Waals surface area contributed by atoms with Crippen molar-refractivity contribution in [2.24, 2.45) is 0 Å². The Bertz CT molecular complexity index is 739. The molecule has 0 aliphatic heterocycles. The molecule has 2 rings (SSSR count). The van der Waals surface area contributed by atoms with Gasteiger partial charge in [-0.25, -0.2) is 0 Å². The smallest absolute Gasteiger partial charge is 0.193 e. The van der Waals surface area contributed by atoms with Crippen LogP contribution < -0.4 is 9.47 Å². The van der Waals surface area contributed by atoms with E-state index in [1.165, 1.54) is 0 Å². The summed E-state index contributed by atoms with van der Waals surface area (Å²) in [6.07, 6.45) is 0. The molecule has 0 spiro atoms. The Labute approximate surface area is 137 Å². The molecule has 3 heteroatoms. The van der Waals surface area contributed by atoms with E-state index < -0.39 is 0 Å². The van der Waals surface area contributed by atoms with E-state index in [1.807, 2.05) is 51.1 Å². The molecule has 0 bridgehead atoms. The molecule has 0 N–H and O–H groups in total. The number of benzene rings is 2. The van der Waals surface area contributed by atoms with Crippen LogP contribution in [0.4, 0.5) is 0 Å². The molecule has 0 aliphatic carbocycles. The number of methoxy groups -OCH3 is 2. The highest BCUT2D eigenvalue weighted by atomic mass is 16.5. The van der Waals surface area contributed by atoms with Crippen LogP contribution in [-0.4, -0.2) is 20.0 Å². The van der Waals surface area contributed by atoms with Crippen molar-refractivity contribution < 1.29 is 14.3 Å². The quantitative estimate of drug-likeness (QED) is 0.594. The summed E-state index contributed by atoms with van der Waals surface area (Å²) in [5, 5.41) is 0. The lowest BCUT2D eigenvalue weighted by atomic mass is 9.91. The fourth-order valence-corrected chi connectivity index (χ4v) is 2.71. The second-order valence-corrected chi connectivity index (χ2v) is 5.54. The molecule has 0 unspecified atom stereocenters. The maximum absolute atomic E-state index is 13.1. The number of carbonyl (C=O) groups excluding carboxylic acids is 1. The molecule has 0 fully saturated rings. The minimum atomic E-state index is -0.00495. The first-order valence-corrected chi connectivity index (χ1v) is 7.50. The lowest BCUT2D eigenvalue weighted by Gasteiger charge is -2.16. The highest BCUT2D eigenvalue weighted by molar-refractivity contribution is 6.30. The van der Waals surface area contributed by atoms with Gasteiger partial charge in [-0.15, -0.1) is 0 Å². The number of hydrogen-bond acceptors (Lipinski definition) is 3. The van der Waals surface area contributed by atoms with Crippen molar-refractivity contribution >= 4 is 11.4 Å². The van der Waals surface area contributed by atoms with Crippen LogP contribution >= 0.6 is 0 Å². The summed E-state index contributed by atoms with van der Waals surface area (Å²) < 4.78 is 10.7. The molecule has 120 valence electrons. The summed E-state index contributed by atoms with van der Waals surface area (Å²) >= 11 is 0. The molecule has 0 saturated heterocycles. The second kappa shape index (κ2) is 7.14. The topological polar surface area (TPSA) is 35.5 Å². The molecular weight excluding hydrogens is 288 g/mol. The zero-order chi connectivity index (χ0) is 17.0. The van der Waals surface area contributed by atoms with Crippen LogP contribution in [0.25, 0.3) is 5.57 Å². The summed E-state index contributed by atoms with van der Waals surface area (Å²) in [6.45, 7) is 5.79.